The number of rotatable bonds is 12. The van der Waals surface area contributed by atoms with Crippen LogP contribution in [-0.4, -0.2) is 17.2 Å². The summed E-state index contributed by atoms with van der Waals surface area (Å²) in [5.41, 5.74) is 15.2. The van der Waals surface area contributed by atoms with E-state index in [9.17, 15) is 10.0 Å². The number of anilines is 9. The van der Waals surface area contributed by atoms with Crippen molar-refractivity contribution in [3.63, 3.8) is 0 Å². The maximum atomic E-state index is 9.23. The van der Waals surface area contributed by atoms with Crippen LogP contribution in [0.1, 0.15) is 7.43 Å². The number of halogens is 2. The minimum absolute atomic E-state index is 0. The van der Waals surface area contributed by atoms with Crippen molar-refractivity contribution < 1.29 is 10.0 Å². The van der Waals surface area contributed by atoms with E-state index in [4.69, 9.17) is 0 Å². The highest BCUT2D eigenvalue weighted by Gasteiger charge is 2.20. The van der Waals surface area contributed by atoms with Gasteiger partial charge in [0.15, 0.2) is 0 Å². The molecule has 0 aliphatic rings. The summed E-state index contributed by atoms with van der Waals surface area (Å²) in [6, 6.07) is 123. The Bertz CT molecular complexity index is 5010. The first kappa shape index (κ1) is 61.7. The first-order valence-electron chi connectivity index (χ1n) is 31.4. The lowest BCUT2D eigenvalue weighted by Crippen LogP contribution is -2.29. The van der Waals surface area contributed by atoms with Gasteiger partial charge in [0.05, 0.1) is 0 Å². The molecule has 0 bridgehead atoms. The monoisotopic (exact) mass is 1350 g/mol. The molecule has 17 aromatic rings. The summed E-state index contributed by atoms with van der Waals surface area (Å²) in [5.74, 6) is 0. The Morgan fingerprint density at radius 1 is 0.221 bits per heavy atom. The molecule has 0 atom stereocenters. The zero-order chi connectivity index (χ0) is 63.5. The van der Waals surface area contributed by atoms with Crippen LogP contribution in [-0.2, 0) is 0 Å². The molecule has 456 valence electrons. The van der Waals surface area contributed by atoms with E-state index in [1.807, 2.05) is 72.8 Å². The third-order valence-corrected chi connectivity index (χ3v) is 19.0. The van der Waals surface area contributed by atoms with E-state index < -0.39 is 7.12 Å². The van der Waals surface area contributed by atoms with Crippen molar-refractivity contribution in [2.24, 2.45) is 0 Å². The normalized spacial score (nSPS) is 11.1. The van der Waals surface area contributed by atoms with Crippen molar-refractivity contribution in [3.8, 4) is 22.3 Å². The maximum Gasteiger partial charge on any atom is 0.488 e. The minimum atomic E-state index is -1.45. The van der Waals surface area contributed by atoms with Crippen LogP contribution in [0, 0.1) is 0 Å². The van der Waals surface area contributed by atoms with Gasteiger partial charge in [0.2, 0.25) is 0 Å². The summed E-state index contributed by atoms with van der Waals surface area (Å²) in [4.78, 5) is 6.74. The minimum Gasteiger partial charge on any atom is -0.423 e. The highest BCUT2D eigenvalue weighted by molar-refractivity contribution is 9.11. The van der Waals surface area contributed by atoms with Gasteiger partial charge in [0.1, 0.15) is 0 Å². The number of nitrogens with zero attached hydrogens (tertiary/aromatic N) is 3. The smallest absolute Gasteiger partial charge is 0.423 e. The molecule has 0 fully saturated rings. The number of hydrogen-bond acceptors (Lipinski definition) is 5. The van der Waals surface area contributed by atoms with Crippen LogP contribution < -0.4 is 20.2 Å². The number of benzene rings is 17. The van der Waals surface area contributed by atoms with Crippen LogP contribution in [0.5, 0.6) is 0 Å². The molecule has 0 aromatic heterocycles. The molecule has 0 heterocycles. The van der Waals surface area contributed by atoms with E-state index in [-0.39, 0.29) is 7.43 Å². The van der Waals surface area contributed by atoms with Gasteiger partial charge in [-0.3, -0.25) is 0 Å². The zero-order valence-electron chi connectivity index (χ0n) is 51.1. The molecule has 95 heavy (non-hydrogen) atoms. The second-order valence-corrected chi connectivity index (χ2v) is 25.0. The molecule has 5 nitrogen and oxygen atoms in total. The highest BCUT2D eigenvalue weighted by atomic mass is 79.9. The van der Waals surface area contributed by atoms with E-state index in [1.54, 1.807) is 12.1 Å². The summed E-state index contributed by atoms with van der Waals surface area (Å²) in [6.45, 7) is 0. The molecular formula is C87H64BBr2N3O2. The molecule has 0 aliphatic carbocycles. The van der Waals surface area contributed by atoms with Crippen LogP contribution in [0.15, 0.2) is 361 Å². The third kappa shape index (κ3) is 12.3. The fraction of sp³-hybridized carbons (Fsp3) is 0.0115. The predicted molar refractivity (Wildman–Crippen MR) is 414 cm³/mol. The van der Waals surface area contributed by atoms with E-state index in [1.165, 1.54) is 86.9 Å². The molecule has 2 N–H and O–H groups in total. The average molecular weight is 1350 g/mol. The van der Waals surface area contributed by atoms with E-state index in [2.05, 4.69) is 313 Å². The van der Waals surface area contributed by atoms with Crippen molar-refractivity contribution in [2.75, 3.05) is 14.7 Å². The van der Waals surface area contributed by atoms with Crippen molar-refractivity contribution in [2.45, 2.75) is 7.43 Å². The van der Waals surface area contributed by atoms with Crippen LogP contribution >= 0.6 is 31.9 Å². The lowest BCUT2D eigenvalue weighted by molar-refractivity contribution is 0.426. The number of hydrogen-bond donors (Lipinski definition) is 2. The molecule has 17 rings (SSSR count). The van der Waals surface area contributed by atoms with Gasteiger partial charge in [0, 0.05) is 60.1 Å². The Balaban J connectivity index is 0.000000154. The largest absolute Gasteiger partial charge is 0.488 e. The zero-order valence-corrected chi connectivity index (χ0v) is 54.2. The van der Waals surface area contributed by atoms with Crippen LogP contribution in [0.2, 0.25) is 0 Å². The fourth-order valence-electron chi connectivity index (χ4n) is 13.2. The molecule has 17 aromatic carbocycles. The molecular weight excluding hydrogens is 1290 g/mol. The molecule has 0 amide bonds. The van der Waals surface area contributed by atoms with Gasteiger partial charge in [-0.1, -0.05) is 270 Å². The van der Waals surface area contributed by atoms with Gasteiger partial charge in [-0.15, -0.1) is 0 Å². The Kier molecular flexibility index (Phi) is 17.8. The van der Waals surface area contributed by atoms with Crippen molar-refractivity contribution in [1.29, 1.82) is 0 Å². The Hall–Kier alpha value is -10.8. The second kappa shape index (κ2) is 27.4. The summed E-state index contributed by atoms with van der Waals surface area (Å²) in [7, 11) is -1.45. The van der Waals surface area contributed by atoms with Gasteiger partial charge < -0.3 is 24.7 Å². The average Bonchev–Trinajstić information content (AvgIpc) is 0.738. The second-order valence-electron chi connectivity index (χ2n) is 23.2. The molecule has 0 spiro atoms. The first-order chi connectivity index (χ1) is 46.3. The maximum absolute atomic E-state index is 9.23. The topological polar surface area (TPSA) is 50.2 Å². The summed E-state index contributed by atoms with van der Waals surface area (Å²) in [6.07, 6.45) is 0. The number of para-hydroxylation sites is 6. The highest BCUT2D eigenvalue weighted by Crippen LogP contribution is 2.45. The van der Waals surface area contributed by atoms with E-state index >= 15 is 0 Å². The van der Waals surface area contributed by atoms with Gasteiger partial charge in [0.25, 0.3) is 0 Å². The van der Waals surface area contributed by atoms with Crippen molar-refractivity contribution >= 4 is 160 Å². The Morgan fingerprint density at radius 2 is 0.442 bits per heavy atom. The Morgan fingerprint density at radius 3 is 0.716 bits per heavy atom. The van der Waals surface area contributed by atoms with Gasteiger partial charge in [-0.25, -0.2) is 0 Å². The summed E-state index contributed by atoms with van der Waals surface area (Å²) in [5, 5.41) is 34.0. The first-order valence-corrected chi connectivity index (χ1v) is 33.0. The lowest BCUT2D eigenvalue weighted by atomic mass is 9.80. The molecule has 8 heteroatoms. The lowest BCUT2D eigenvalue weighted by Gasteiger charge is -2.25. The van der Waals surface area contributed by atoms with Gasteiger partial charge >= 0.3 is 7.12 Å². The van der Waals surface area contributed by atoms with Crippen LogP contribution in [0.4, 0.5) is 51.2 Å². The van der Waals surface area contributed by atoms with Gasteiger partial charge in [-0.2, -0.15) is 0 Å². The van der Waals surface area contributed by atoms with Crippen molar-refractivity contribution in [1.82, 2.24) is 0 Å². The molecule has 0 radical (unpaired) electrons. The predicted octanol–water partition coefficient (Wildman–Crippen LogP) is 24.4. The van der Waals surface area contributed by atoms with Gasteiger partial charge in [-0.05, 0) is 214 Å². The van der Waals surface area contributed by atoms with Crippen LogP contribution in [0.25, 0.3) is 86.9 Å². The van der Waals surface area contributed by atoms with E-state index in [0.29, 0.717) is 5.46 Å². The quantitative estimate of drug-likeness (QED) is 0.0943. The molecule has 0 saturated heterocycles. The standard InChI is InChI=1S/C52H36N2.C18H16BNO2.C16H8Br2.CH4/c1-5-13-41(14-6-1)53(42-15-7-2-8-16-42)45-29-21-37(22-30-45)47-33-25-39-28-36-50-48(34-26-40-27-35-49(47)51(39)52(40)50)38-23-31-46(32-24-38)54(43-17-9-3-10-18-43)44-19-11-4-12-20-44;21-19(22)15-11-13-18(14-12-15)20(16-7-3-1-4-8-16)17-9-5-2-6-10-17;17-13-8-4-10-2-6-12-14(18)7-3-9-1-5-11(13)16(10)15(9)12;/h1-36H;1-14,21-22H;1-8H;1H4. The van der Waals surface area contributed by atoms with Crippen LogP contribution in [0.3, 0.4) is 0 Å². The molecule has 0 saturated carbocycles. The van der Waals surface area contributed by atoms with Crippen molar-refractivity contribution in [3.05, 3.63) is 361 Å². The Labute approximate surface area is 571 Å². The van der Waals surface area contributed by atoms with E-state index in [0.717, 1.165) is 60.1 Å². The fourth-order valence-corrected chi connectivity index (χ4v) is 14.1. The summed E-state index contributed by atoms with van der Waals surface area (Å²) < 4.78 is 2.31. The summed E-state index contributed by atoms with van der Waals surface area (Å²) >= 11 is 7.30. The SMILES string of the molecule is Brc1ccc2ccc3c(Br)ccc4ccc1c2c43.C.OB(O)c1ccc(N(c2ccccc2)c2ccccc2)cc1.c1ccc(N(c2ccccc2)c2ccc(-c3ccc4ccc5c(-c6ccc(N(c7ccccc7)c7ccccc7)cc6)ccc6ccc3c4c65)cc2)cc1. The molecule has 0 aliphatic heterocycles. The third-order valence-electron chi connectivity index (χ3n) is 17.6. The molecule has 0 unspecified atom stereocenters.